The number of nitrogens with zero attached hydrogens (tertiary/aromatic N) is 1. The molecule has 2 heterocycles. The van der Waals surface area contributed by atoms with Crippen LogP contribution in [0.15, 0.2) is 11.8 Å². The number of aliphatic carboxylic acids is 1. The summed E-state index contributed by atoms with van der Waals surface area (Å²) >= 11 is 0. The second kappa shape index (κ2) is 4.94. The topological polar surface area (TPSA) is 89.9 Å². The van der Waals surface area contributed by atoms with Crippen molar-refractivity contribution >= 4 is 11.9 Å². The molecule has 0 saturated carbocycles. The molecule has 1 N–H and O–H groups in total. The Morgan fingerprint density at radius 3 is 2.93 bits per heavy atom. The smallest absolute Gasteiger partial charge is 1.00 e. The molecule has 15 heavy (non-hydrogen) atoms. The molecule has 2 atom stereocenters. The minimum atomic E-state index is -1.39. The number of rotatable bonds is 2. The molecule has 2 saturated heterocycles. The second-order valence-electron chi connectivity index (χ2n) is 3.09. The van der Waals surface area contributed by atoms with Crippen LogP contribution >= 0.6 is 0 Å². The Bertz CT molecular complexity index is 334. The molecule has 2 fully saturated rings. The zero-order valence-corrected chi connectivity index (χ0v) is 11.3. The number of hydrogen-bond donors (Lipinski definition) is 1. The molecule has 7 heteroatoms. The van der Waals surface area contributed by atoms with Gasteiger partial charge in [-0.1, -0.05) is 0 Å². The van der Waals surface area contributed by atoms with E-state index in [-0.39, 0.29) is 77.5 Å². The van der Waals surface area contributed by atoms with Gasteiger partial charge in [-0.3, -0.25) is 9.69 Å². The van der Waals surface area contributed by atoms with Crippen molar-refractivity contribution in [3.63, 3.8) is 0 Å². The van der Waals surface area contributed by atoms with Gasteiger partial charge in [-0.05, 0) is 6.08 Å². The van der Waals surface area contributed by atoms with Crippen LogP contribution in [0.3, 0.4) is 0 Å². The number of carboxylic acids is 1. The molecule has 1 amide bonds. The summed E-state index contributed by atoms with van der Waals surface area (Å²) in [5.74, 6) is -1.57. The van der Waals surface area contributed by atoms with Crippen LogP contribution in [0.2, 0.25) is 0 Å². The fourth-order valence-electron chi connectivity index (χ4n) is 1.65. The molecular weight excluding hydrogens is 229 g/mol. The van der Waals surface area contributed by atoms with Crippen molar-refractivity contribution in [3.05, 3.63) is 11.8 Å². The monoisotopic (exact) mass is 238 g/mol. The molecule has 0 aromatic rings. The predicted octanol–water partition coefficient (Wildman–Crippen LogP) is -5.31. The van der Waals surface area contributed by atoms with Crippen molar-refractivity contribution in [2.24, 2.45) is 0 Å². The third kappa shape index (κ3) is 2.13. The Morgan fingerprint density at radius 2 is 2.47 bits per heavy atom. The molecule has 2 rings (SSSR count). The normalized spacial score (nSPS) is 30.3. The molecule has 0 spiro atoms. The van der Waals surface area contributed by atoms with Crippen LogP contribution in [-0.2, 0) is 14.3 Å². The number of carboxylic acid groups (broad SMARTS) is 1. The number of fused-ring (bicyclic) bond motifs is 1. The van der Waals surface area contributed by atoms with Gasteiger partial charge in [-0.25, -0.2) is 0 Å². The van der Waals surface area contributed by atoms with Crippen LogP contribution in [0.4, 0.5) is 0 Å². The van der Waals surface area contributed by atoms with E-state index in [0.717, 1.165) is 4.90 Å². The average Bonchev–Trinajstić information content (AvgIpc) is 2.39. The molecule has 0 aliphatic carbocycles. The Labute approximate surface area is 130 Å². The van der Waals surface area contributed by atoms with Crippen LogP contribution in [0.5, 0.6) is 0 Å². The van der Waals surface area contributed by atoms with E-state index in [1.165, 1.54) is 6.08 Å². The van der Waals surface area contributed by atoms with Crippen LogP contribution in [0, 0.1) is 0 Å². The fraction of sp³-hybridized carbons (Fsp3) is 0.500. The van der Waals surface area contributed by atoms with E-state index < -0.39 is 18.2 Å². The summed E-state index contributed by atoms with van der Waals surface area (Å²) in [6.07, 6.45) is 0.918. The van der Waals surface area contributed by atoms with Crippen LogP contribution in [0.25, 0.3) is 0 Å². The molecule has 0 aromatic carbocycles. The molecule has 78 valence electrons. The molecule has 6 nitrogen and oxygen atoms in total. The molecule has 0 aromatic heterocycles. The minimum absolute atomic E-state index is 0. The first kappa shape index (κ1) is 13.1. The van der Waals surface area contributed by atoms with Gasteiger partial charge in [0.15, 0.2) is 6.23 Å². The number of aliphatic hydroxyl groups excluding tert-OH is 1. The average molecular weight is 238 g/mol. The molecular formula is C8H9KNO5-. The predicted molar refractivity (Wildman–Crippen MR) is 41.4 cm³/mol. The number of carbonyl (C=O) groups is 2. The zero-order chi connectivity index (χ0) is 10.3. The van der Waals surface area contributed by atoms with Crippen molar-refractivity contribution in [1.29, 1.82) is 0 Å². The van der Waals surface area contributed by atoms with Gasteiger partial charge < -0.3 is 21.2 Å². The number of hydrogen-bond acceptors (Lipinski definition) is 5. The van der Waals surface area contributed by atoms with Gasteiger partial charge in [0.2, 0.25) is 5.91 Å². The zero-order valence-electron chi connectivity index (χ0n) is 9.17. The van der Waals surface area contributed by atoms with Gasteiger partial charge >= 0.3 is 51.4 Å². The van der Waals surface area contributed by atoms with Gasteiger partial charge in [-0.2, -0.15) is 0 Å². The van der Waals surface area contributed by atoms with Gasteiger partial charge in [0.25, 0.3) is 0 Å². The molecule has 2 aliphatic rings. The van der Waals surface area contributed by atoms with Crippen LogP contribution < -0.4 is 56.5 Å². The first-order valence-electron chi connectivity index (χ1n) is 4.14. The number of aliphatic hydroxyl groups is 1. The number of carbonyl (C=O) groups excluding carboxylic acids is 2. The summed E-state index contributed by atoms with van der Waals surface area (Å²) in [5.41, 5.74) is 0. The second-order valence-corrected chi connectivity index (χ2v) is 3.09. The summed E-state index contributed by atoms with van der Waals surface area (Å²) in [6, 6.07) is -1.17. The largest absolute Gasteiger partial charge is 1.00 e. The van der Waals surface area contributed by atoms with Gasteiger partial charge in [0.1, 0.15) is 11.8 Å². The summed E-state index contributed by atoms with van der Waals surface area (Å²) in [4.78, 5) is 22.9. The number of amides is 1. The van der Waals surface area contributed by atoms with Crippen LogP contribution in [0.1, 0.15) is 7.85 Å². The Kier molecular flexibility index (Phi) is 4.33. The number of β-lactam (4-membered cyclic amide) rings is 1. The van der Waals surface area contributed by atoms with Crippen LogP contribution in [-0.4, -0.2) is 40.8 Å². The van der Waals surface area contributed by atoms with E-state index in [1.807, 2.05) is 0 Å². The molecule has 0 radical (unpaired) electrons. The standard InChI is InChI=1S/C8H9NO5.K.H/c10-2-1-4-7(8(12)13)9-5(11)3-6(9)14-4;;/h1,6-7,10H,2-3H2,(H,12,13);;/q;+1;-1/p-1/b4-1+;;/t6-,7-;;/m1../s1. The van der Waals surface area contributed by atoms with Gasteiger partial charge in [0.05, 0.1) is 19.0 Å². The Balaban J connectivity index is 0.00000112. The summed E-state index contributed by atoms with van der Waals surface area (Å²) in [6.45, 7) is -0.326. The van der Waals surface area contributed by atoms with Gasteiger partial charge in [-0.15, -0.1) is 0 Å². The van der Waals surface area contributed by atoms with Crippen molar-refractivity contribution in [3.8, 4) is 0 Å². The molecule has 2 aliphatic heterocycles. The van der Waals surface area contributed by atoms with E-state index >= 15 is 0 Å². The van der Waals surface area contributed by atoms with E-state index in [4.69, 9.17) is 9.84 Å². The summed E-state index contributed by atoms with van der Waals surface area (Å²) in [5, 5.41) is 19.3. The van der Waals surface area contributed by atoms with E-state index in [1.54, 1.807) is 0 Å². The quantitative estimate of drug-likeness (QED) is 0.383. The SMILES string of the molecule is O=C([O-])[C@H]1/C(=C\CO)O[C@@H]2CC(=O)N21.[H-].[K+]. The van der Waals surface area contributed by atoms with Crippen molar-refractivity contribution < 1.29 is 77.4 Å². The summed E-state index contributed by atoms with van der Waals surface area (Å²) < 4.78 is 5.13. The van der Waals surface area contributed by atoms with E-state index in [9.17, 15) is 14.7 Å². The van der Waals surface area contributed by atoms with Crippen molar-refractivity contribution in [2.45, 2.75) is 18.7 Å². The van der Waals surface area contributed by atoms with Gasteiger partial charge in [0, 0.05) is 0 Å². The fourth-order valence-corrected chi connectivity index (χ4v) is 1.65. The van der Waals surface area contributed by atoms with E-state index in [0.29, 0.717) is 0 Å². The number of ether oxygens (including phenoxy) is 1. The maximum absolute atomic E-state index is 11.0. The summed E-state index contributed by atoms with van der Waals surface area (Å²) in [7, 11) is 0. The third-order valence-electron chi connectivity index (χ3n) is 2.28. The van der Waals surface area contributed by atoms with Crippen molar-refractivity contribution in [2.75, 3.05) is 6.61 Å². The maximum atomic E-state index is 11.0. The first-order chi connectivity index (χ1) is 6.65. The van der Waals surface area contributed by atoms with E-state index in [2.05, 4.69) is 0 Å². The van der Waals surface area contributed by atoms with Crippen molar-refractivity contribution in [1.82, 2.24) is 4.90 Å². The third-order valence-corrected chi connectivity index (χ3v) is 2.28. The minimum Gasteiger partial charge on any atom is -1.00 e. The molecule has 0 bridgehead atoms. The Morgan fingerprint density at radius 1 is 1.80 bits per heavy atom. The Hall–Kier alpha value is 0.0764. The molecule has 0 unspecified atom stereocenters. The maximum Gasteiger partial charge on any atom is 1.00 e. The first-order valence-corrected chi connectivity index (χ1v) is 4.14.